The van der Waals surface area contributed by atoms with Gasteiger partial charge in [0.2, 0.25) is 15.9 Å². The maximum absolute atomic E-state index is 12.5. The van der Waals surface area contributed by atoms with E-state index < -0.39 is 10.0 Å². The molecule has 1 aliphatic rings. The molecule has 1 N–H and O–H groups in total. The highest BCUT2D eigenvalue weighted by Crippen LogP contribution is 2.29. The molecule has 1 amide bonds. The van der Waals surface area contributed by atoms with Gasteiger partial charge in [-0.15, -0.1) is 5.10 Å². The molecule has 0 saturated carbocycles. The molecule has 0 radical (unpaired) electrons. The van der Waals surface area contributed by atoms with Crippen molar-refractivity contribution < 1.29 is 17.9 Å². The zero-order valence-electron chi connectivity index (χ0n) is 14.3. The van der Waals surface area contributed by atoms with Gasteiger partial charge in [0.15, 0.2) is 0 Å². The monoisotopic (exact) mass is 364 g/mol. The molecule has 9 heteroatoms. The minimum absolute atomic E-state index is 0.148. The maximum atomic E-state index is 12.5. The number of aromatic nitrogens is 2. The van der Waals surface area contributed by atoms with Gasteiger partial charge in [0.25, 0.3) is 5.91 Å². The number of amides is 1. The standard InChI is InChI=1S/C16H20N4O4S/c1-11-5-6-12(20-7-4-8-25(20,22)23)9-14(11)17-15(21)13-10-19(2)18-16(13)24-3/h5-6,9-10H,4,7-8H2,1-3H3,(H,17,21). The Hall–Kier alpha value is -2.55. The molecule has 0 unspecified atom stereocenters. The van der Waals surface area contributed by atoms with Gasteiger partial charge >= 0.3 is 0 Å². The van der Waals surface area contributed by atoms with Crippen LogP contribution in [0.4, 0.5) is 11.4 Å². The van der Waals surface area contributed by atoms with Gasteiger partial charge in [-0.05, 0) is 31.0 Å². The van der Waals surface area contributed by atoms with Gasteiger partial charge in [0.1, 0.15) is 5.56 Å². The lowest BCUT2D eigenvalue weighted by Crippen LogP contribution is -2.25. The minimum Gasteiger partial charge on any atom is -0.479 e. The van der Waals surface area contributed by atoms with Crippen molar-refractivity contribution in [2.75, 3.05) is 29.0 Å². The van der Waals surface area contributed by atoms with Gasteiger partial charge in [0, 0.05) is 25.5 Å². The molecule has 0 bridgehead atoms. The number of hydrogen-bond donors (Lipinski definition) is 1. The summed E-state index contributed by atoms with van der Waals surface area (Å²) in [6.45, 7) is 2.30. The summed E-state index contributed by atoms with van der Waals surface area (Å²) in [7, 11) is -0.125. The number of nitrogens with one attached hydrogen (secondary N) is 1. The van der Waals surface area contributed by atoms with E-state index in [9.17, 15) is 13.2 Å². The summed E-state index contributed by atoms with van der Waals surface area (Å²) in [6.07, 6.45) is 2.17. The lowest BCUT2D eigenvalue weighted by molar-refractivity contribution is 0.102. The predicted molar refractivity (Wildman–Crippen MR) is 94.6 cm³/mol. The van der Waals surface area contributed by atoms with Gasteiger partial charge in [-0.3, -0.25) is 13.8 Å². The Morgan fingerprint density at radius 3 is 2.76 bits per heavy atom. The fraction of sp³-hybridized carbons (Fsp3) is 0.375. The Balaban J connectivity index is 1.90. The number of nitrogens with zero attached hydrogens (tertiary/aromatic N) is 3. The number of ether oxygens (including phenoxy) is 1. The first-order valence-electron chi connectivity index (χ1n) is 7.82. The molecule has 0 aliphatic carbocycles. The van der Waals surface area contributed by atoms with Crippen LogP contribution in [0.1, 0.15) is 22.3 Å². The molecule has 2 heterocycles. The summed E-state index contributed by atoms with van der Waals surface area (Å²) in [5.41, 5.74) is 2.24. The lowest BCUT2D eigenvalue weighted by atomic mass is 10.1. The second-order valence-corrected chi connectivity index (χ2v) is 7.93. The molecule has 0 atom stereocenters. The number of carbonyl (C=O) groups is 1. The highest BCUT2D eigenvalue weighted by molar-refractivity contribution is 7.93. The van der Waals surface area contributed by atoms with E-state index in [4.69, 9.17) is 4.74 Å². The van der Waals surface area contributed by atoms with E-state index in [0.717, 1.165) is 5.56 Å². The Morgan fingerprint density at radius 2 is 2.12 bits per heavy atom. The van der Waals surface area contributed by atoms with Gasteiger partial charge < -0.3 is 10.1 Å². The van der Waals surface area contributed by atoms with Crippen LogP contribution in [0.2, 0.25) is 0 Å². The first-order chi connectivity index (χ1) is 11.8. The van der Waals surface area contributed by atoms with Crippen LogP contribution in [0.3, 0.4) is 0 Å². The van der Waals surface area contributed by atoms with Crippen molar-refractivity contribution in [1.29, 1.82) is 0 Å². The van der Waals surface area contributed by atoms with Gasteiger partial charge in [0.05, 0.1) is 18.6 Å². The van der Waals surface area contributed by atoms with Crippen molar-refractivity contribution in [1.82, 2.24) is 9.78 Å². The van der Waals surface area contributed by atoms with Crippen LogP contribution in [0, 0.1) is 6.92 Å². The summed E-state index contributed by atoms with van der Waals surface area (Å²) >= 11 is 0. The highest BCUT2D eigenvalue weighted by Gasteiger charge is 2.29. The zero-order chi connectivity index (χ0) is 18.2. The first kappa shape index (κ1) is 17.3. The zero-order valence-corrected chi connectivity index (χ0v) is 15.1. The minimum atomic E-state index is -3.27. The second kappa shape index (κ2) is 6.40. The van der Waals surface area contributed by atoms with E-state index in [-0.39, 0.29) is 17.5 Å². The number of hydrogen-bond acceptors (Lipinski definition) is 5. The number of sulfonamides is 1. The van der Waals surface area contributed by atoms with Crippen LogP contribution in [-0.4, -0.2) is 43.5 Å². The van der Waals surface area contributed by atoms with Crippen molar-refractivity contribution in [2.45, 2.75) is 13.3 Å². The summed E-state index contributed by atoms with van der Waals surface area (Å²) in [4.78, 5) is 12.5. The normalized spacial score (nSPS) is 16.0. The van der Waals surface area contributed by atoms with Gasteiger partial charge in [-0.25, -0.2) is 8.42 Å². The molecule has 134 valence electrons. The fourth-order valence-electron chi connectivity index (χ4n) is 2.79. The van der Waals surface area contributed by atoms with Crippen LogP contribution in [0.15, 0.2) is 24.4 Å². The molecule has 1 aliphatic heterocycles. The smallest absolute Gasteiger partial charge is 0.262 e. The SMILES string of the molecule is COc1nn(C)cc1C(=O)Nc1cc(N2CCCS2(=O)=O)ccc1C. The maximum Gasteiger partial charge on any atom is 0.262 e. The van der Waals surface area contributed by atoms with Crippen LogP contribution in [0.5, 0.6) is 5.88 Å². The third-order valence-electron chi connectivity index (χ3n) is 4.09. The summed E-state index contributed by atoms with van der Waals surface area (Å²) in [5, 5.41) is 6.87. The largest absolute Gasteiger partial charge is 0.479 e. The highest BCUT2D eigenvalue weighted by atomic mass is 32.2. The van der Waals surface area contributed by atoms with Crippen molar-refractivity contribution >= 4 is 27.3 Å². The average molecular weight is 364 g/mol. The third kappa shape index (κ3) is 3.32. The molecular weight excluding hydrogens is 344 g/mol. The molecule has 1 aromatic heterocycles. The molecule has 2 aromatic rings. The molecule has 8 nitrogen and oxygen atoms in total. The Bertz CT molecular complexity index is 920. The Labute approximate surface area is 146 Å². The molecule has 3 rings (SSSR count). The number of aryl methyl sites for hydroxylation is 2. The third-order valence-corrected chi connectivity index (χ3v) is 5.96. The molecule has 1 aromatic carbocycles. The Morgan fingerprint density at radius 1 is 1.36 bits per heavy atom. The van der Waals surface area contributed by atoms with Gasteiger partial charge in [-0.1, -0.05) is 6.07 Å². The molecule has 25 heavy (non-hydrogen) atoms. The van der Waals surface area contributed by atoms with Crippen molar-refractivity contribution in [3.8, 4) is 5.88 Å². The molecular formula is C16H20N4O4S. The molecule has 0 spiro atoms. The van der Waals surface area contributed by atoms with Crippen molar-refractivity contribution in [3.63, 3.8) is 0 Å². The number of carbonyl (C=O) groups excluding carboxylic acids is 1. The fourth-order valence-corrected chi connectivity index (χ4v) is 4.35. The summed E-state index contributed by atoms with van der Waals surface area (Å²) in [6, 6.07) is 5.22. The topological polar surface area (TPSA) is 93.5 Å². The van der Waals surface area contributed by atoms with E-state index >= 15 is 0 Å². The lowest BCUT2D eigenvalue weighted by Gasteiger charge is -2.19. The van der Waals surface area contributed by atoms with E-state index in [1.807, 2.05) is 6.92 Å². The van der Waals surface area contributed by atoms with E-state index in [1.54, 1.807) is 31.4 Å². The summed E-state index contributed by atoms with van der Waals surface area (Å²) < 4.78 is 32.2. The predicted octanol–water partition coefficient (Wildman–Crippen LogP) is 1.53. The molecule has 1 saturated heterocycles. The Kier molecular flexibility index (Phi) is 4.42. The van der Waals surface area contributed by atoms with E-state index in [2.05, 4.69) is 10.4 Å². The van der Waals surface area contributed by atoms with Gasteiger partial charge in [-0.2, -0.15) is 0 Å². The number of anilines is 2. The number of rotatable bonds is 4. The van der Waals surface area contributed by atoms with Crippen LogP contribution < -0.4 is 14.4 Å². The summed E-state index contributed by atoms with van der Waals surface area (Å²) in [5.74, 6) is 0.0144. The van der Waals surface area contributed by atoms with Crippen LogP contribution in [0.25, 0.3) is 0 Å². The van der Waals surface area contributed by atoms with E-state index in [0.29, 0.717) is 29.9 Å². The quantitative estimate of drug-likeness (QED) is 0.888. The number of methoxy groups -OCH3 is 1. The van der Waals surface area contributed by atoms with Crippen LogP contribution in [-0.2, 0) is 17.1 Å². The number of benzene rings is 1. The molecule has 1 fully saturated rings. The van der Waals surface area contributed by atoms with Crippen molar-refractivity contribution in [3.05, 3.63) is 35.5 Å². The second-order valence-electron chi connectivity index (χ2n) is 5.92. The average Bonchev–Trinajstić information content (AvgIpc) is 3.11. The van der Waals surface area contributed by atoms with E-state index in [1.165, 1.54) is 16.1 Å². The van der Waals surface area contributed by atoms with Crippen LogP contribution >= 0.6 is 0 Å². The first-order valence-corrected chi connectivity index (χ1v) is 9.43. The van der Waals surface area contributed by atoms with Crippen molar-refractivity contribution in [2.24, 2.45) is 7.05 Å².